The number of hydrazine groups is 1. The third-order valence-corrected chi connectivity index (χ3v) is 1.19. The van der Waals surface area contributed by atoms with Crippen molar-refractivity contribution in [1.82, 2.24) is 5.01 Å². The topological polar surface area (TPSA) is 72.4 Å². The van der Waals surface area contributed by atoms with E-state index in [2.05, 4.69) is 0 Å². The zero-order valence-corrected chi connectivity index (χ0v) is 4.50. The first kappa shape index (κ1) is 5.53. The van der Waals surface area contributed by atoms with Gasteiger partial charge in [0.15, 0.2) is 0 Å². The summed E-state index contributed by atoms with van der Waals surface area (Å²) in [6.45, 7) is 0.499. The summed E-state index contributed by atoms with van der Waals surface area (Å²) in [6, 6.07) is -0.0486. The fourth-order valence-corrected chi connectivity index (χ4v) is 0.761. The second kappa shape index (κ2) is 1.72. The third kappa shape index (κ3) is 0.801. The smallest absolute Gasteiger partial charge is 0.238 e. The van der Waals surface area contributed by atoms with Gasteiger partial charge in [-0.2, -0.15) is 0 Å². The first-order valence-electron chi connectivity index (χ1n) is 2.51. The van der Waals surface area contributed by atoms with Gasteiger partial charge in [-0.05, 0) is 0 Å². The first-order valence-corrected chi connectivity index (χ1v) is 2.51. The van der Waals surface area contributed by atoms with E-state index in [1.165, 1.54) is 0 Å². The number of carbonyl (C=O) groups is 1. The molecule has 1 aliphatic heterocycles. The molecule has 1 fully saturated rings. The summed E-state index contributed by atoms with van der Waals surface area (Å²) in [4.78, 5) is 10.5. The summed E-state index contributed by atoms with van der Waals surface area (Å²) in [5, 5.41) is 1.16. The van der Waals surface area contributed by atoms with Crippen LogP contribution in [0.5, 0.6) is 0 Å². The van der Waals surface area contributed by atoms with Crippen molar-refractivity contribution in [3.63, 3.8) is 0 Å². The molecule has 0 saturated carbocycles. The molecular formula is C4H9N3O. The second-order valence-electron chi connectivity index (χ2n) is 2.01. The van der Waals surface area contributed by atoms with Gasteiger partial charge in [-0.25, -0.2) is 5.84 Å². The molecule has 0 aromatic rings. The lowest BCUT2D eigenvalue weighted by molar-refractivity contribution is -0.127. The Balaban J connectivity index is 2.51. The quantitative estimate of drug-likeness (QED) is 0.295. The van der Waals surface area contributed by atoms with E-state index in [1.54, 1.807) is 0 Å². The Bertz CT molecular complexity index is 114. The van der Waals surface area contributed by atoms with E-state index in [1.807, 2.05) is 0 Å². The maximum Gasteiger partial charge on any atom is 0.238 e. The van der Waals surface area contributed by atoms with E-state index < -0.39 is 0 Å². The van der Waals surface area contributed by atoms with Gasteiger partial charge in [-0.3, -0.25) is 9.80 Å². The minimum Gasteiger partial charge on any atom is -0.326 e. The summed E-state index contributed by atoms with van der Waals surface area (Å²) < 4.78 is 0. The maximum atomic E-state index is 10.5. The van der Waals surface area contributed by atoms with Crippen LogP contribution in [0.1, 0.15) is 6.42 Å². The molecule has 0 radical (unpaired) electrons. The molecule has 4 N–H and O–H groups in total. The van der Waals surface area contributed by atoms with Gasteiger partial charge < -0.3 is 5.73 Å². The van der Waals surface area contributed by atoms with Crippen LogP contribution in [-0.4, -0.2) is 23.5 Å². The Morgan fingerprint density at radius 2 is 2.38 bits per heavy atom. The number of nitrogens with two attached hydrogens (primary N) is 2. The van der Waals surface area contributed by atoms with Crippen molar-refractivity contribution in [3.05, 3.63) is 0 Å². The van der Waals surface area contributed by atoms with Crippen molar-refractivity contribution < 1.29 is 4.79 Å². The van der Waals surface area contributed by atoms with Gasteiger partial charge >= 0.3 is 0 Å². The van der Waals surface area contributed by atoms with Gasteiger partial charge in [-0.1, -0.05) is 0 Å². The second-order valence-corrected chi connectivity index (χ2v) is 2.01. The molecule has 1 aliphatic rings. The van der Waals surface area contributed by atoms with E-state index in [0.717, 1.165) is 5.01 Å². The van der Waals surface area contributed by atoms with Crippen LogP contribution in [0.4, 0.5) is 0 Å². The Hall–Kier alpha value is -0.610. The van der Waals surface area contributed by atoms with Crippen LogP contribution in [-0.2, 0) is 4.79 Å². The Morgan fingerprint density at radius 3 is 2.50 bits per heavy atom. The van der Waals surface area contributed by atoms with Crippen molar-refractivity contribution >= 4 is 5.91 Å². The van der Waals surface area contributed by atoms with Gasteiger partial charge in [0.2, 0.25) is 5.91 Å². The lowest BCUT2D eigenvalue weighted by Gasteiger charge is -2.04. The molecule has 0 unspecified atom stereocenters. The summed E-state index contributed by atoms with van der Waals surface area (Å²) >= 11 is 0. The maximum absolute atomic E-state index is 10.5. The highest BCUT2D eigenvalue weighted by Crippen LogP contribution is 2.02. The fraction of sp³-hybridized carbons (Fsp3) is 0.750. The van der Waals surface area contributed by atoms with Crippen LogP contribution in [0.25, 0.3) is 0 Å². The lowest BCUT2D eigenvalue weighted by atomic mass is 10.3. The van der Waals surface area contributed by atoms with E-state index in [0.29, 0.717) is 13.0 Å². The molecule has 46 valence electrons. The van der Waals surface area contributed by atoms with Crippen LogP contribution in [0, 0.1) is 0 Å². The average Bonchev–Trinajstić information content (AvgIpc) is 1.85. The van der Waals surface area contributed by atoms with Crippen LogP contribution >= 0.6 is 0 Å². The molecule has 1 amide bonds. The monoisotopic (exact) mass is 115 g/mol. The molecule has 4 heteroatoms. The molecular weight excluding hydrogens is 106 g/mol. The van der Waals surface area contributed by atoms with Crippen LogP contribution in [0.3, 0.4) is 0 Å². The summed E-state index contributed by atoms with van der Waals surface area (Å²) in [5.41, 5.74) is 5.37. The molecule has 0 bridgehead atoms. The highest BCUT2D eigenvalue weighted by molar-refractivity contribution is 5.78. The third-order valence-electron chi connectivity index (χ3n) is 1.19. The molecule has 1 rings (SSSR count). The van der Waals surface area contributed by atoms with Gasteiger partial charge in [0.25, 0.3) is 0 Å². The molecule has 4 nitrogen and oxygen atoms in total. The summed E-state index contributed by atoms with van der Waals surface area (Å²) in [5.74, 6) is 5.11. The van der Waals surface area contributed by atoms with Gasteiger partial charge in [0.05, 0.1) is 6.54 Å². The predicted octanol–water partition coefficient (Wildman–Crippen LogP) is -1.58. The standard InChI is InChI=1S/C4H9N3O/c5-3-1-4(8)7(6)2-3/h3H,1-2,5-6H2/t3-/m0/s1. The van der Waals surface area contributed by atoms with Gasteiger partial charge in [0, 0.05) is 12.5 Å². The normalized spacial score (nSPS) is 29.5. The summed E-state index contributed by atoms with van der Waals surface area (Å²) in [6.07, 6.45) is 0.399. The largest absolute Gasteiger partial charge is 0.326 e. The Morgan fingerprint density at radius 1 is 1.75 bits per heavy atom. The van der Waals surface area contributed by atoms with Crippen LogP contribution in [0.15, 0.2) is 0 Å². The van der Waals surface area contributed by atoms with Crippen molar-refractivity contribution in [2.24, 2.45) is 11.6 Å². The van der Waals surface area contributed by atoms with Crippen molar-refractivity contribution in [3.8, 4) is 0 Å². The molecule has 0 aliphatic carbocycles. The SMILES string of the molecule is N[C@H]1CC(=O)N(N)C1. The molecule has 1 saturated heterocycles. The predicted molar refractivity (Wildman–Crippen MR) is 28.5 cm³/mol. The number of hydrogen-bond donors (Lipinski definition) is 2. The number of hydrogen-bond acceptors (Lipinski definition) is 3. The van der Waals surface area contributed by atoms with E-state index in [-0.39, 0.29) is 11.9 Å². The molecule has 8 heavy (non-hydrogen) atoms. The van der Waals surface area contributed by atoms with Gasteiger partial charge in [-0.15, -0.1) is 0 Å². The van der Waals surface area contributed by atoms with Crippen LogP contribution in [0.2, 0.25) is 0 Å². The first-order chi connectivity index (χ1) is 3.70. The van der Waals surface area contributed by atoms with Gasteiger partial charge in [0.1, 0.15) is 0 Å². The fourth-order valence-electron chi connectivity index (χ4n) is 0.761. The number of carbonyl (C=O) groups excluding carboxylic acids is 1. The van der Waals surface area contributed by atoms with Crippen molar-refractivity contribution in [1.29, 1.82) is 0 Å². The van der Waals surface area contributed by atoms with Crippen molar-refractivity contribution in [2.45, 2.75) is 12.5 Å². The van der Waals surface area contributed by atoms with Crippen molar-refractivity contribution in [2.75, 3.05) is 6.54 Å². The Kier molecular flexibility index (Phi) is 1.19. The molecule has 0 aromatic carbocycles. The van der Waals surface area contributed by atoms with E-state index in [4.69, 9.17) is 11.6 Å². The number of rotatable bonds is 0. The molecule has 0 aromatic heterocycles. The lowest BCUT2D eigenvalue weighted by Crippen LogP contribution is -2.34. The zero-order chi connectivity index (χ0) is 6.15. The minimum absolute atomic E-state index is 0.0486. The molecule has 1 atom stereocenters. The van der Waals surface area contributed by atoms with E-state index in [9.17, 15) is 4.79 Å². The number of nitrogens with zero attached hydrogens (tertiary/aromatic N) is 1. The number of amides is 1. The minimum atomic E-state index is -0.0579. The molecule has 1 heterocycles. The highest BCUT2D eigenvalue weighted by atomic mass is 16.2. The van der Waals surface area contributed by atoms with E-state index >= 15 is 0 Å². The molecule has 0 spiro atoms. The Labute approximate surface area is 47.4 Å². The zero-order valence-electron chi connectivity index (χ0n) is 4.50. The summed E-state index contributed by atoms with van der Waals surface area (Å²) in [7, 11) is 0. The highest BCUT2D eigenvalue weighted by Gasteiger charge is 2.23. The average molecular weight is 115 g/mol. The van der Waals surface area contributed by atoms with Crippen LogP contribution < -0.4 is 11.6 Å².